The maximum absolute atomic E-state index is 5.77. The Morgan fingerprint density at radius 2 is 2.00 bits per heavy atom. The molecular weight excluding hydrogens is 405 g/mol. The van der Waals surface area contributed by atoms with Gasteiger partial charge in [-0.2, -0.15) is 0 Å². The lowest BCUT2D eigenvalue weighted by Crippen LogP contribution is -1.83. The number of anilines is 1. The first kappa shape index (κ1) is 12.0. The van der Waals surface area contributed by atoms with Crippen LogP contribution >= 0.6 is 38.5 Å². The van der Waals surface area contributed by atoms with Crippen molar-refractivity contribution in [1.29, 1.82) is 0 Å². The zero-order valence-electron chi connectivity index (χ0n) is 9.24. The van der Waals surface area contributed by atoms with E-state index in [4.69, 9.17) is 5.73 Å². The molecule has 3 rings (SSSR count). The lowest BCUT2D eigenvalue weighted by atomic mass is 10.2. The number of benzene rings is 2. The number of nitrogens with two attached hydrogens (primary N) is 1. The van der Waals surface area contributed by atoms with Crippen LogP contribution < -0.4 is 5.73 Å². The second kappa shape index (κ2) is 4.55. The first-order valence-electron chi connectivity index (χ1n) is 5.34. The first-order chi connectivity index (χ1) is 8.63. The monoisotopic (exact) mass is 413 g/mol. The molecule has 0 fully saturated rings. The molecule has 90 valence electrons. The molecule has 1 heterocycles. The highest BCUT2D eigenvalue weighted by molar-refractivity contribution is 14.1. The summed E-state index contributed by atoms with van der Waals surface area (Å²) in [5, 5.41) is 0. The van der Waals surface area contributed by atoms with E-state index in [9.17, 15) is 0 Å². The van der Waals surface area contributed by atoms with Crippen molar-refractivity contribution in [2.45, 2.75) is 0 Å². The second-order valence-corrected chi connectivity index (χ2v) is 6.09. The number of aromatic nitrogens is 2. The van der Waals surface area contributed by atoms with Gasteiger partial charge < -0.3 is 10.7 Å². The highest BCUT2D eigenvalue weighted by Crippen LogP contribution is 2.29. The number of nitrogens with zero attached hydrogens (tertiary/aromatic N) is 1. The highest BCUT2D eigenvalue weighted by Gasteiger charge is 2.09. The number of nitrogens with one attached hydrogen (secondary N) is 1. The van der Waals surface area contributed by atoms with Crippen molar-refractivity contribution in [1.82, 2.24) is 9.97 Å². The Morgan fingerprint density at radius 3 is 2.83 bits per heavy atom. The Bertz CT molecular complexity index is 736. The third kappa shape index (κ3) is 2.12. The number of aromatic amines is 1. The molecule has 18 heavy (non-hydrogen) atoms. The minimum atomic E-state index is 0.736. The SMILES string of the molecule is Nc1ccc2nc(-c3cc(I)ccc3Br)[nH]c2c1. The van der Waals surface area contributed by atoms with E-state index in [1.165, 1.54) is 3.57 Å². The molecule has 3 aromatic rings. The fourth-order valence-electron chi connectivity index (χ4n) is 1.83. The molecule has 0 unspecified atom stereocenters. The third-order valence-corrected chi connectivity index (χ3v) is 4.05. The molecule has 1 aromatic heterocycles. The molecule has 0 saturated heterocycles. The summed E-state index contributed by atoms with van der Waals surface area (Å²) < 4.78 is 2.20. The molecule has 3 nitrogen and oxygen atoms in total. The van der Waals surface area contributed by atoms with E-state index < -0.39 is 0 Å². The number of rotatable bonds is 1. The van der Waals surface area contributed by atoms with Crippen LogP contribution in [0.5, 0.6) is 0 Å². The summed E-state index contributed by atoms with van der Waals surface area (Å²) >= 11 is 5.84. The van der Waals surface area contributed by atoms with Crippen molar-refractivity contribution >= 4 is 55.2 Å². The Balaban J connectivity index is 2.22. The lowest BCUT2D eigenvalue weighted by molar-refractivity contribution is 1.32. The summed E-state index contributed by atoms with van der Waals surface area (Å²) in [5.41, 5.74) is 9.43. The fourth-order valence-corrected chi connectivity index (χ4v) is 2.76. The molecule has 3 N–H and O–H groups in total. The average Bonchev–Trinajstić information content (AvgIpc) is 2.74. The molecule has 2 aromatic carbocycles. The van der Waals surface area contributed by atoms with Crippen LogP contribution in [0.25, 0.3) is 22.4 Å². The summed E-state index contributed by atoms with van der Waals surface area (Å²) in [7, 11) is 0. The summed E-state index contributed by atoms with van der Waals surface area (Å²) in [4.78, 5) is 7.88. The molecular formula is C13H9BrIN3. The molecule has 0 atom stereocenters. The van der Waals surface area contributed by atoms with Gasteiger partial charge in [0.05, 0.1) is 11.0 Å². The molecule has 0 radical (unpaired) electrons. The molecule has 0 bridgehead atoms. The Morgan fingerprint density at radius 1 is 1.17 bits per heavy atom. The average molecular weight is 414 g/mol. The van der Waals surface area contributed by atoms with Crippen LogP contribution in [0.15, 0.2) is 40.9 Å². The number of hydrogen-bond acceptors (Lipinski definition) is 2. The molecule has 0 aliphatic carbocycles. The van der Waals surface area contributed by atoms with Crippen molar-refractivity contribution in [3.8, 4) is 11.4 Å². The van der Waals surface area contributed by atoms with E-state index in [0.717, 1.165) is 32.6 Å². The zero-order chi connectivity index (χ0) is 12.7. The molecule has 0 amide bonds. The second-order valence-electron chi connectivity index (χ2n) is 3.99. The van der Waals surface area contributed by atoms with Gasteiger partial charge in [-0.1, -0.05) is 15.9 Å². The van der Waals surface area contributed by atoms with Crippen molar-refractivity contribution in [2.24, 2.45) is 0 Å². The Hall–Kier alpha value is -1.08. The molecule has 0 saturated carbocycles. The molecule has 0 spiro atoms. The Kier molecular flexibility index (Phi) is 3.03. The minimum Gasteiger partial charge on any atom is -0.399 e. The minimum absolute atomic E-state index is 0.736. The van der Waals surface area contributed by atoms with Gasteiger partial charge >= 0.3 is 0 Å². The number of H-pyrrole nitrogens is 1. The van der Waals surface area contributed by atoms with Gasteiger partial charge in [-0.05, 0) is 59.0 Å². The van der Waals surface area contributed by atoms with Crippen molar-refractivity contribution in [3.05, 3.63) is 44.4 Å². The fraction of sp³-hybridized carbons (Fsp3) is 0. The Labute approximate surface area is 126 Å². The molecule has 5 heteroatoms. The van der Waals surface area contributed by atoms with E-state index >= 15 is 0 Å². The lowest BCUT2D eigenvalue weighted by Gasteiger charge is -2.01. The van der Waals surface area contributed by atoms with E-state index in [2.05, 4.69) is 60.6 Å². The van der Waals surface area contributed by atoms with Gasteiger partial charge in [-0.25, -0.2) is 4.98 Å². The van der Waals surface area contributed by atoms with Gasteiger partial charge in [0.2, 0.25) is 0 Å². The summed E-state index contributed by atoms with van der Waals surface area (Å²) in [6.07, 6.45) is 0. The van der Waals surface area contributed by atoms with Crippen LogP contribution in [0, 0.1) is 3.57 Å². The van der Waals surface area contributed by atoms with Gasteiger partial charge in [0.25, 0.3) is 0 Å². The van der Waals surface area contributed by atoms with Crippen molar-refractivity contribution < 1.29 is 0 Å². The van der Waals surface area contributed by atoms with E-state index in [-0.39, 0.29) is 0 Å². The smallest absolute Gasteiger partial charge is 0.139 e. The third-order valence-electron chi connectivity index (χ3n) is 2.69. The molecule has 0 aliphatic rings. The number of fused-ring (bicyclic) bond motifs is 1. The first-order valence-corrected chi connectivity index (χ1v) is 7.21. The number of nitrogen functional groups attached to an aromatic ring is 1. The number of hydrogen-bond donors (Lipinski definition) is 2. The maximum Gasteiger partial charge on any atom is 0.139 e. The quantitative estimate of drug-likeness (QED) is 0.464. The summed E-state index contributed by atoms with van der Waals surface area (Å²) in [6.45, 7) is 0. The van der Waals surface area contributed by atoms with Gasteiger partial charge in [-0.3, -0.25) is 0 Å². The van der Waals surface area contributed by atoms with Crippen LogP contribution in [0.2, 0.25) is 0 Å². The van der Waals surface area contributed by atoms with Crippen molar-refractivity contribution in [3.63, 3.8) is 0 Å². The largest absolute Gasteiger partial charge is 0.399 e. The number of halogens is 2. The van der Waals surface area contributed by atoms with E-state index in [0.29, 0.717) is 0 Å². The standard InChI is InChI=1S/C13H9BrIN3/c14-10-3-1-7(15)5-9(10)13-17-11-4-2-8(16)6-12(11)18-13/h1-6H,16H2,(H,17,18). The predicted molar refractivity (Wildman–Crippen MR) is 86.4 cm³/mol. The van der Waals surface area contributed by atoms with Gasteiger partial charge in [-0.15, -0.1) is 0 Å². The van der Waals surface area contributed by atoms with Gasteiger partial charge in [0.15, 0.2) is 0 Å². The summed E-state index contributed by atoms with van der Waals surface area (Å²) in [5.74, 6) is 0.848. The van der Waals surface area contributed by atoms with E-state index in [1.807, 2.05) is 24.3 Å². The van der Waals surface area contributed by atoms with Crippen LogP contribution in [0.3, 0.4) is 0 Å². The van der Waals surface area contributed by atoms with Gasteiger partial charge in [0, 0.05) is 19.3 Å². The van der Waals surface area contributed by atoms with Crippen LogP contribution in [0.1, 0.15) is 0 Å². The van der Waals surface area contributed by atoms with Crippen LogP contribution in [-0.2, 0) is 0 Å². The zero-order valence-corrected chi connectivity index (χ0v) is 13.0. The van der Waals surface area contributed by atoms with Gasteiger partial charge in [0.1, 0.15) is 5.82 Å². The highest BCUT2D eigenvalue weighted by atomic mass is 127. The van der Waals surface area contributed by atoms with Crippen LogP contribution in [-0.4, -0.2) is 9.97 Å². The normalized spacial score (nSPS) is 11.0. The summed E-state index contributed by atoms with van der Waals surface area (Å²) in [6, 6.07) is 11.8. The van der Waals surface area contributed by atoms with E-state index in [1.54, 1.807) is 0 Å². The molecule has 0 aliphatic heterocycles. The maximum atomic E-state index is 5.77. The number of imidazole rings is 1. The topological polar surface area (TPSA) is 54.7 Å². The van der Waals surface area contributed by atoms with Crippen LogP contribution in [0.4, 0.5) is 5.69 Å². The van der Waals surface area contributed by atoms with Crippen molar-refractivity contribution in [2.75, 3.05) is 5.73 Å². The predicted octanol–water partition coefficient (Wildman–Crippen LogP) is 4.18.